The van der Waals surface area contributed by atoms with Gasteiger partial charge in [-0.1, -0.05) is 31.2 Å². The van der Waals surface area contributed by atoms with Crippen LogP contribution in [0.3, 0.4) is 0 Å². The Morgan fingerprint density at radius 3 is 2.30 bits per heavy atom. The summed E-state index contributed by atoms with van der Waals surface area (Å²) >= 11 is 0. The number of carbonyl (C=O) groups excluding carboxylic acids is 2. The largest absolute Gasteiger partial charge is 0.354 e. The zero-order valence-corrected chi connectivity index (χ0v) is 20.6. The maximum absolute atomic E-state index is 13.4. The summed E-state index contributed by atoms with van der Waals surface area (Å²) in [5.74, 6) is -1.29. The third-order valence-corrected chi connectivity index (χ3v) is 6.63. The molecule has 0 aliphatic rings. The van der Waals surface area contributed by atoms with Gasteiger partial charge < -0.3 is 10.2 Å². The van der Waals surface area contributed by atoms with Crippen molar-refractivity contribution < 1.29 is 22.4 Å². The number of anilines is 1. The summed E-state index contributed by atoms with van der Waals surface area (Å²) in [7, 11) is -3.79. The number of sulfonamides is 1. The Hall–Kier alpha value is -2.94. The van der Waals surface area contributed by atoms with Gasteiger partial charge in [0, 0.05) is 13.1 Å². The van der Waals surface area contributed by atoms with E-state index in [1.165, 1.54) is 29.2 Å². The molecule has 2 rings (SSSR count). The first-order valence-corrected chi connectivity index (χ1v) is 12.7. The monoisotopic (exact) mass is 477 g/mol. The lowest BCUT2D eigenvalue weighted by Crippen LogP contribution is -2.51. The summed E-state index contributed by atoms with van der Waals surface area (Å²) in [6, 6.07) is 10.0. The van der Waals surface area contributed by atoms with Gasteiger partial charge in [0.1, 0.15) is 18.4 Å². The summed E-state index contributed by atoms with van der Waals surface area (Å²) in [6.45, 7) is 7.20. The molecule has 2 aromatic rings. The molecule has 0 aliphatic heterocycles. The Kier molecular flexibility index (Phi) is 8.99. The highest BCUT2D eigenvalue weighted by Gasteiger charge is 2.30. The van der Waals surface area contributed by atoms with Crippen molar-refractivity contribution in [3.8, 4) is 0 Å². The van der Waals surface area contributed by atoms with E-state index in [0.29, 0.717) is 17.8 Å². The van der Waals surface area contributed by atoms with Crippen molar-refractivity contribution >= 4 is 27.5 Å². The van der Waals surface area contributed by atoms with Crippen molar-refractivity contribution in [3.05, 3.63) is 65.0 Å². The molecule has 7 nitrogen and oxygen atoms in total. The van der Waals surface area contributed by atoms with Crippen LogP contribution >= 0.6 is 0 Å². The van der Waals surface area contributed by atoms with Crippen LogP contribution < -0.4 is 9.62 Å². The highest BCUT2D eigenvalue weighted by Crippen LogP contribution is 2.25. The molecule has 0 aromatic heterocycles. The van der Waals surface area contributed by atoms with Gasteiger partial charge in [-0.25, -0.2) is 12.8 Å². The fraction of sp³-hybridized carbons (Fsp3) is 0.417. The van der Waals surface area contributed by atoms with E-state index < -0.39 is 34.3 Å². The Morgan fingerprint density at radius 1 is 1.09 bits per heavy atom. The minimum Gasteiger partial charge on any atom is -0.354 e. The molecule has 2 aromatic carbocycles. The Balaban J connectivity index is 2.40. The molecule has 33 heavy (non-hydrogen) atoms. The third kappa shape index (κ3) is 7.02. The van der Waals surface area contributed by atoms with Crippen molar-refractivity contribution in [1.29, 1.82) is 0 Å². The topological polar surface area (TPSA) is 86.8 Å². The molecule has 180 valence electrons. The van der Waals surface area contributed by atoms with Crippen LogP contribution in [0.2, 0.25) is 0 Å². The average Bonchev–Trinajstić information content (AvgIpc) is 2.76. The van der Waals surface area contributed by atoms with Gasteiger partial charge in [-0.15, -0.1) is 0 Å². The number of nitrogens with one attached hydrogen (secondary N) is 1. The molecule has 0 spiro atoms. The minimum absolute atomic E-state index is 0.0320. The molecule has 0 aliphatic carbocycles. The molecule has 0 heterocycles. The van der Waals surface area contributed by atoms with E-state index in [4.69, 9.17) is 0 Å². The van der Waals surface area contributed by atoms with Crippen molar-refractivity contribution in [3.63, 3.8) is 0 Å². The number of benzene rings is 2. The summed E-state index contributed by atoms with van der Waals surface area (Å²) < 4.78 is 39.7. The standard InChI is InChI=1S/C24H32FN3O4S/c1-6-14-26-24(30)19(4)27(15-20-10-12-21(25)13-11-20)23(29)16-28(33(5,31)32)22-9-7-8-17(2)18(22)3/h7-13,19H,6,14-16H2,1-5H3,(H,26,30). The lowest BCUT2D eigenvalue weighted by molar-refractivity contribution is -0.139. The molecule has 0 saturated carbocycles. The van der Waals surface area contributed by atoms with Crippen LogP contribution in [0.5, 0.6) is 0 Å². The fourth-order valence-electron chi connectivity index (χ4n) is 3.37. The number of amides is 2. The molecule has 1 N–H and O–H groups in total. The smallest absolute Gasteiger partial charge is 0.244 e. The third-order valence-electron chi connectivity index (χ3n) is 5.51. The van der Waals surface area contributed by atoms with Gasteiger partial charge in [0.05, 0.1) is 11.9 Å². The fourth-order valence-corrected chi connectivity index (χ4v) is 4.27. The number of rotatable bonds is 10. The molecule has 1 atom stereocenters. The molecular formula is C24H32FN3O4S. The number of hydrogen-bond acceptors (Lipinski definition) is 4. The van der Waals surface area contributed by atoms with Crippen molar-refractivity contribution in [2.45, 2.75) is 46.7 Å². The van der Waals surface area contributed by atoms with Crippen molar-refractivity contribution in [1.82, 2.24) is 10.2 Å². The van der Waals surface area contributed by atoms with E-state index in [0.717, 1.165) is 28.1 Å². The molecule has 0 fully saturated rings. The SMILES string of the molecule is CCCNC(=O)C(C)N(Cc1ccc(F)cc1)C(=O)CN(c1cccc(C)c1C)S(C)(=O)=O. The second-order valence-electron chi connectivity index (χ2n) is 8.10. The van der Waals surface area contributed by atoms with E-state index in [1.807, 2.05) is 19.9 Å². The van der Waals surface area contributed by atoms with Crippen LogP contribution in [0.4, 0.5) is 10.1 Å². The van der Waals surface area contributed by atoms with Gasteiger partial charge in [0.15, 0.2) is 0 Å². The van der Waals surface area contributed by atoms with Gasteiger partial charge in [0.2, 0.25) is 21.8 Å². The van der Waals surface area contributed by atoms with Crippen LogP contribution in [-0.2, 0) is 26.2 Å². The van der Waals surface area contributed by atoms with Gasteiger partial charge in [-0.05, 0) is 62.1 Å². The van der Waals surface area contributed by atoms with Crippen LogP contribution in [0.25, 0.3) is 0 Å². The first kappa shape index (κ1) is 26.3. The summed E-state index contributed by atoms with van der Waals surface area (Å²) in [5.41, 5.74) is 2.67. The number of nitrogens with zero attached hydrogens (tertiary/aromatic N) is 2. The van der Waals surface area contributed by atoms with E-state index >= 15 is 0 Å². The summed E-state index contributed by atoms with van der Waals surface area (Å²) in [5, 5.41) is 2.77. The van der Waals surface area contributed by atoms with E-state index in [2.05, 4.69) is 5.32 Å². The van der Waals surface area contributed by atoms with Crippen LogP contribution in [0, 0.1) is 19.7 Å². The molecule has 1 unspecified atom stereocenters. The van der Waals surface area contributed by atoms with Gasteiger partial charge in [0.25, 0.3) is 0 Å². The predicted molar refractivity (Wildman–Crippen MR) is 128 cm³/mol. The Labute approximate surface area is 195 Å². The van der Waals surface area contributed by atoms with E-state index in [-0.39, 0.29) is 12.5 Å². The van der Waals surface area contributed by atoms with Crippen LogP contribution in [-0.4, -0.2) is 50.5 Å². The summed E-state index contributed by atoms with van der Waals surface area (Å²) in [4.78, 5) is 27.4. The van der Waals surface area contributed by atoms with Gasteiger partial charge in [-0.3, -0.25) is 13.9 Å². The molecule has 9 heteroatoms. The van der Waals surface area contributed by atoms with Gasteiger partial charge >= 0.3 is 0 Å². The number of halogens is 1. The second-order valence-corrected chi connectivity index (χ2v) is 10.0. The lowest BCUT2D eigenvalue weighted by atomic mass is 10.1. The van der Waals surface area contributed by atoms with E-state index in [1.54, 1.807) is 26.0 Å². The number of hydrogen-bond donors (Lipinski definition) is 1. The zero-order valence-electron chi connectivity index (χ0n) is 19.8. The van der Waals surface area contributed by atoms with Crippen molar-refractivity contribution in [2.75, 3.05) is 23.7 Å². The highest BCUT2D eigenvalue weighted by atomic mass is 32.2. The number of aryl methyl sites for hydroxylation is 1. The second kappa shape index (κ2) is 11.3. The quantitative estimate of drug-likeness (QED) is 0.570. The Bertz CT molecular complexity index is 1090. The maximum Gasteiger partial charge on any atom is 0.244 e. The van der Waals surface area contributed by atoms with Crippen LogP contribution in [0.1, 0.15) is 37.0 Å². The molecule has 0 bridgehead atoms. The number of carbonyl (C=O) groups is 2. The summed E-state index contributed by atoms with van der Waals surface area (Å²) in [6.07, 6.45) is 1.78. The molecule has 0 saturated heterocycles. The van der Waals surface area contributed by atoms with Crippen molar-refractivity contribution in [2.24, 2.45) is 0 Å². The van der Waals surface area contributed by atoms with Crippen LogP contribution in [0.15, 0.2) is 42.5 Å². The van der Waals surface area contributed by atoms with E-state index in [9.17, 15) is 22.4 Å². The predicted octanol–water partition coefficient (Wildman–Crippen LogP) is 3.15. The molecule has 0 radical (unpaired) electrons. The normalized spacial score (nSPS) is 12.2. The Morgan fingerprint density at radius 2 is 1.73 bits per heavy atom. The zero-order chi connectivity index (χ0) is 24.8. The maximum atomic E-state index is 13.4. The molecular weight excluding hydrogens is 445 g/mol. The minimum atomic E-state index is -3.79. The lowest BCUT2D eigenvalue weighted by Gasteiger charge is -2.32. The first-order valence-electron chi connectivity index (χ1n) is 10.8. The molecule has 2 amide bonds. The highest BCUT2D eigenvalue weighted by molar-refractivity contribution is 7.92. The first-order chi connectivity index (χ1) is 15.5. The average molecular weight is 478 g/mol. The van der Waals surface area contributed by atoms with Gasteiger partial charge in [-0.2, -0.15) is 0 Å².